The summed E-state index contributed by atoms with van der Waals surface area (Å²) >= 11 is 6.01. The van der Waals surface area contributed by atoms with Gasteiger partial charge in [-0.25, -0.2) is 4.39 Å². The quantitative estimate of drug-likeness (QED) is 0.782. The van der Waals surface area contributed by atoms with E-state index in [1.54, 1.807) is 12.1 Å². The van der Waals surface area contributed by atoms with Gasteiger partial charge >= 0.3 is 0 Å². The smallest absolute Gasteiger partial charge is 0.137 e. The first-order valence-electron chi connectivity index (χ1n) is 5.31. The minimum atomic E-state index is -1.27. The molecule has 0 aromatic heterocycles. The second-order valence-electron chi connectivity index (χ2n) is 4.28. The molecule has 0 atom stereocenters. The topological polar surface area (TPSA) is 26.0 Å². The first-order valence-corrected chi connectivity index (χ1v) is 5.69. The summed E-state index contributed by atoms with van der Waals surface area (Å²) in [6, 6.07) is 7.32. The van der Waals surface area contributed by atoms with Gasteiger partial charge in [0.05, 0.1) is 0 Å². The number of nitrogens with two attached hydrogens (primary N) is 1. The summed E-state index contributed by atoms with van der Waals surface area (Å²) in [4.78, 5) is 0. The molecule has 1 aromatic rings. The highest BCUT2D eigenvalue weighted by Gasteiger charge is 2.37. The molecule has 0 radical (unpaired) electrons. The zero-order chi connectivity index (χ0) is 10.9. The van der Waals surface area contributed by atoms with Gasteiger partial charge in [-0.15, -0.1) is 0 Å². The van der Waals surface area contributed by atoms with Gasteiger partial charge in [-0.2, -0.15) is 0 Å². The van der Waals surface area contributed by atoms with Crippen molar-refractivity contribution in [2.24, 2.45) is 5.73 Å². The maximum atomic E-state index is 14.6. The van der Waals surface area contributed by atoms with Crippen LogP contribution in [0.5, 0.6) is 0 Å². The van der Waals surface area contributed by atoms with Crippen molar-refractivity contribution in [3.05, 3.63) is 34.9 Å². The van der Waals surface area contributed by atoms with Gasteiger partial charge < -0.3 is 5.73 Å². The van der Waals surface area contributed by atoms with Crippen LogP contribution in [-0.2, 0) is 5.67 Å². The largest absolute Gasteiger partial charge is 0.328 e. The van der Waals surface area contributed by atoms with Crippen molar-refractivity contribution >= 4 is 11.6 Å². The van der Waals surface area contributed by atoms with Gasteiger partial charge in [-0.1, -0.05) is 29.8 Å². The summed E-state index contributed by atoms with van der Waals surface area (Å²) in [5.41, 5.74) is 5.13. The summed E-state index contributed by atoms with van der Waals surface area (Å²) in [7, 11) is 0. The number of hydrogen-bond donors (Lipinski definition) is 1. The SMILES string of the molecule is NC1CCC(F)(c2ccccc2Cl)CC1. The molecule has 2 N–H and O–H groups in total. The van der Waals surface area contributed by atoms with Crippen LogP contribution in [-0.4, -0.2) is 6.04 Å². The first kappa shape index (κ1) is 10.9. The van der Waals surface area contributed by atoms with E-state index in [0.717, 1.165) is 12.8 Å². The van der Waals surface area contributed by atoms with Crippen LogP contribution in [0.4, 0.5) is 4.39 Å². The molecule has 1 fully saturated rings. The van der Waals surface area contributed by atoms with Crippen molar-refractivity contribution in [2.45, 2.75) is 37.4 Å². The van der Waals surface area contributed by atoms with Crippen LogP contribution >= 0.6 is 11.6 Å². The van der Waals surface area contributed by atoms with E-state index in [1.807, 2.05) is 12.1 Å². The predicted molar refractivity (Wildman–Crippen MR) is 60.7 cm³/mol. The molecule has 0 aliphatic heterocycles. The molecule has 1 aliphatic carbocycles. The Morgan fingerprint density at radius 2 is 1.87 bits per heavy atom. The molecule has 0 amide bonds. The third kappa shape index (κ3) is 2.16. The third-order valence-electron chi connectivity index (χ3n) is 3.18. The maximum absolute atomic E-state index is 14.6. The molecular formula is C12H15ClFN. The van der Waals surface area contributed by atoms with E-state index in [4.69, 9.17) is 17.3 Å². The minimum absolute atomic E-state index is 0.149. The molecule has 3 heteroatoms. The lowest BCUT2D eigenvalue weighted by Gasteiger charge is -2.33. The monoisotopic (exact) mass is 227 g/mol. The Balaban J connectivity index is 2.26. The van der Waals surface area contributed by atoms with Crippen LogP contribution in [0.2, 0.25) is 5.02 Å². The van der Waals surface area contributed by atoms with Gasteiger partial charge in [0.25, 0.3) is 0 Å². The Kier molecular flexibility index (Phi) is 2.98. The number of benzene rings is 1. The highest BCUT2D eigenvalue weighted by atomic mass is 35.5. The van der Waals surface area contributed by atoms with Gasteiger partial charge in [0.2, 0.25) is 0 Å². The third-order valence-corrected chi connectivity index (χ3v) is 3.51. The summed E-state index contributed by atoms with van der Waals surface area (Å²) in [5.74, 6) is 0. The molecule has 1 saturated carbocycles. The lowest BCUT2D eigenvalue weighted by atomic mass is 9.79. The van der Waals surface area contributed by atoms with Crippen LogP contribution in [0.3, 0.4) is 0 Å². The second kappa shape index (κ2) is 4.11. The van der Waals surface area contributed by atoms with Crippen LogP contribution in [0.25, 0.3) is 0 Å². The van der Waals surface area contributed by atoms with E-state index in [1.165, 1.54) is 0 Å². The molecule has 0 unspecified atom stereocenters. The molecule has 1 nitrogen and oxygen atoms in total. The maximum Gasteiger partial charge on any atom is 0.137 e. The van der Waals surface area contributed by atoms with Crippen LogP contribution in [0, 0.1) is 0 Å². The Hall–Kier alpha value is -0.600. The molecular weight excluding hydrogens is 213 g/mol. The fourth-order valence-corrected chi connectivity index (χ4v) is 2.50. The zero-order valence-electron chi connectivity index (χ0n) is 8.55. The normalized spacial score (nSPS) is 31.5. The summed E-state index contributed by atoms with van der Waals surface area (Å²) < 4.78 is 14.6. The highest BCUT2D eigenvalue weighted by molar-refractivity contribution is 6.31. The molecule has 1 aliphatic rings. The highest BCUT2D eigenvalue weighted by Crippen LogP contribution is 2.42. The van der Waals surface area contributed by atoms with Crippen molar-refractivity contribution < 1.29 is 4.39 Å². The summed E-state index contributed by atoms with van der Waals surface area (Å²) in [6.45, 7) is 0. The van der Waals surface area contributed by atoms with Gasteiger partial charge in [0, 0.05) is 16.6 Å². The van der Waals surface area contributed by atoms with Gasteiger partial charge in [0.1, 0.15) is 5.67 Å². The van der Waals surface area contributed by atoms with E-state index < -0.39 is 5.67 Å². The fraction of sp³-hybridized carbons (Fsp3) is 0.500. The predicted octanol–water partition coefficient (Wildman–Crippen LogP) is 3.41. The fourth-order valence-electron chi connectivity index (χ4n) is 2.19. The van der Waals surface area contributed by atoms with Crippen molar-refractivity contribution in [3.63, 3.8) is 0 Å². The Morgan fingerprint density at radius 3 is 2.47 bits per heavy atom. The molecule has 0 bridgehead atoms. The minimum Gasteiger partial charge on any atom is -0.328 e. The van der Waals surface area contributed by atoms with Gasteiger partial charge in [0.15, 0.2) is 0 Å². The van der Waals surface area contributed by atoms with Crippen molar-refractivity contribution in [2.75, 3.05) is 0 Å². The summed E-state index contributed by atoms with van der Waals surface area (Å²) in [5, 5.41) is 0.524. The molecule has 0 saturated heterocycles. The number of halogens is 2. The summed E-state index contributed by atoms with van der Waals surface area (Å²) in [6.07, 6.45) is 2.44. The number of alkyl halides is 1. The van der Waals surface area contributed by atoms with Crippen molar-refractivity contribution in [1.82, 2.24) is 0 Å². The Bertz CT molecular complexity index is 345. The first-order chi connectivity index (χ1) is 7.12. The second-order valence-corrected chi connectivity index (χ2v) is 4.69. The van der Waals surface area contributed by atoms with E-state index in [-0.39, 0.29) is 6.04 Å². The Morgan fingerprint density at radius 1 is 1.27 bits per heavy atom. The molecule has 0 heterocycles. The van der Waals surface area contributed by atoms with Gasteiger partial charge in [-0.05, 0) is 31.7 Å². The molecule has 2 rings (SSSR count). The van der Waals surface area contributed by atoms with Crippen molar-refractivity contribution in [1.29, 1.82) is 0 Å². The average molecular weight is 228 g/mol. The lowest BCUT2D eigenvalue weighted by molar-refractivity contribution is 0.0980. The van der Waals surface area contributed by atoms with E-state index in [9.17, 15) is 4.39 Å². The number of hydrogen-bond acceptors (Lipinski definition) is 1. The molecule has 0 spiro atoms. The Labute approximate surface area is 94.4 Å². The molecule has 15 heavy (non-hydrogen) atoms. The van der Waals surface area contributed by atoms with Crippen LogP contribution in [0.15, 0.2) is 24.3 Å². The average Bonchev–Trinajstić information content (AvgIpc) is 2.23. The van der Waals surface area contributed by atoms with E-state index in [0.29, 0.717) is 23.4 Å². The number of rotatable bonds is 1. The van der Waals surface area contributed by atoms with Gasteiger partial charge in [-0.3, -0.25) is 0 Å². The zero-order valence-corrected chi connectivity index (χ0v) is 9.30. The standard InChI is InChI=1S/C12H15ClFN/c13-11-4-2-1-3-10(11)12(14)7-5-9(15)6-8-12/h1-4,9H,5-8,15H2. The van der Waals surface area contributed by atoms with E-state index >= 15 is 0 Å². The van der Waals surface area contributed by atoms with Crippen molar-refractivity contribution in [3.8, 4) is 0 Å². The molecule has 1 aromatic carbocycles. The van der Waals surface area contributed by atoms with Crippen LogP contribution < -0.4 is 5.73 Å². The lowest BCUT2D eigenvalue weighted by Crippen LogP contribution is -2.34. The van der Waals surface area contributed by atoms with E-state index in [2.05, 4.69) is 0 Å². The molecule has 82 valence electrons. The van der Waals surface area contributed by atoms with Crippen LogP contribution in [0.1, 0.15) is 31.2 Å².